The van der Waals surface area contributed by atoms with E-state index < -0.39 is 16.4 Å². The van der Waals surface area contributed by atoms with Gasteiger partial charge >= 0.3 is 5.69 Å². The highest BCUT2D eigenvalue weighted by Gasteiger charge is 2.22. The summed E-state index contributed by atoms with van der Waals surface area (Å²) in [6.45, 7) is 0.942. The van der Waals surface area contributed by atoms with Crippen molar-refractivity contribution in [1.29, 1.82) is 0 Å². The SMILES string of the molecule is C.COc1cc(F)c([N+](=O)[O-])cc1Nc1ncc(Br)c(-c2cn3c4c(cccc24)CCC3)n1. The lowest BCUT2D eigenvalue weighted by atomic mass is 10.0. The lowest BCUT2D eigenvalue weighted by Crippen LogP contribution is -2.05. The normalized spacial score (nSPS) is 12.3. The molecule has 1 N–H and O–H groups in total. The Morgan fingerprint density at radius 2 is 2.15 bits per heavy atom. The molecular formula is C23H21BrFN5O3. The summed E-state index contributed by atoms with van der Waals surface area (Å²) in [4.78, 5) is 19.3. The number of aromatic nitrogens is 3. The summed E-state index contributed by atoms with van der Waals surface area (Å²) in [7, 11) is 1.35. The molecule has 0 amide bonds. The van der Waals surface area contributed by atoms with Crippen LogP contribution in [0.3, 0.4) is 0 Å². The van der Waals surface area contributed by atoms with Crippen molar-refractivity contribution in [2.45, 2.75) is 26.8 Å². The molecule has 0 saturated heterocycles. The van der Waals surface area contributed by atoms with Crippen molar-refractivity contribution in [1.82, 2.24) is 14.5 Å². The highest BCUT2D eigenvalue weighted by atomic mass is 79.9. The molecular weight excluding hydrogens is 493 g/mol. The molecule has 33 heavy (non-hydrogen) atoms. The molecule has 4 aromatic rings. The number of rotatable bonds is 5. The third-order valence-corrected chi connectivity index (χ3v) is 6.12. The van der Waals surface area contributed by atoms with Crippen LogP contribution in [0.5, 0.6) is 5.75 Å². The Bertz CT molecular complexity index is 1390. The number of methoxy groups -OCH3 is 1. The van der Waals surface area contributed by atoms with Crippen molar-refractivity contribution in [2.75, 3.05) is 12.4 Å². The van der Waals surface area contributed by atoms with E-state index in [0.29, 0.717) is 10.2 Å². The first kappa shape index (κ1) is 22.7. The van der Waals surface area contributed by atoms with E-state index in [1.54, 1.807) is 6.20 Å². The van der Waals surface area contributed by atoms with Gasteiger partial charge in [0.25, 0.3) is 0 Å². The largest absolute Gasteiger partial charge is 0.494 e. The van der Waals surface area contributed by atoms with Crippen molar-refractivity contribution in [2.24, 2.45) is 0 Å². The number of para-hydroxylation sites is 1. The summed E-state index contributed by atoms with van der Waals surface area (Å²) in [5.41, 5.74) is 3.69. The lowest BCUT2D eigenvalue weighted by molar-refractivity contribution is -0.387. The lowest BCUT2D eigenvalue weighted by Gasteiger charge is -2.14. The number of nitro groups is 1. The Morgan fingerprint density at radius 1 is 1.33 bits per heavy atom. The first-order valence-electron chi connectivity index (χ1n) is 9.89. The van der Waals surface area contributed by atoms with Crippen LogP contribution in [-0.2, 0) is 13.0 Å². The smallest absolute Gasteiger partial charge is 0.307 e. The molecule has 0 atom stereocenters. The minimum absolute atomic E-state index is 0. The second-order valence-corrected chi connectivity index (χ2v) is 8.28. The Kier molecular flexibility index (Phi) is 6.03. The topological polar surface area (TPSA) is 95.1 Å². The number of anilines is 2. The van der Waals surface area contributed by atoms with Gasteiger partial charge in [0.05, 0.1) is 33.4 Å². The van der Waals surface area contributed by atoms with Gasteiger partial charge in [-0.15, -0.1) is 0 Å². The molecule has 0 radical (unpaired) electrons. The molecule has 1 aliphatic heterocycles. The van der Waals surface area contributed by atoms with E-state index in [0.717, 1.165) is 42.5 Å². The molecule has 0 fully saturated rings. The number of hydrogen-bond donors (Lipinski definition) is 1. The molecule has 8 nitrogen and oxygen atoms in total. The molecule has 2 aromatic carbocycles. The number of hydrogen-bond acceptors (Lipinski definition) is 6. The van der Waals surface area contributed by atoms with Gasteiger partial charge in [-0.25, -0.2) is 9.97 Å². The molecule has 5 rings (SSSR count). The predicted octanol–water partition coefficient (Wildman–Crippen LogP) is 6.24. The van der Waals surface area contributed by atoms with Crippen molar-refractivity contribution in [3.05, 3.63) is 68.7 Å². The number of ether oxygens (including phenoxy) is 1. The number of nitro benzene ring substituents is 1. The van der Waals surface area contributed by atoms with E-state index in [1.807, 2.05) is 6.07 Å². The molecule has 2 aromatic heterocycles. The Morgan fingerprint density at radius 3 is 2.91 bits per heavy atom. The van der Waals surface area contributed by atoms with Crippen LogP contribution in [0.25, 0.3) is 22.2 Å². The van der Waals surface area contributed by atoms with Crippen LogP contribution in [0.15, 0.2) is 47.2 Å². The number of aryl methyl sites for hydroxylation is 2. The monoisotopic (exact) mass is 513 g/mol. The summed E-state index contributed by atoms with van der Waals surface area (Å²) >= 11 is 3.55. The van der Waals surface area contributed by atoms with Crippen LogP contribution in [0.2, 0.25) is 0 Å². The number of nitrogens with zero attached hydrogens (tertiary/aromatic N) is 4. The molecule has 0 spiro atoms. The van der Waals surface area contributed by atoms with Crippen molar-refractivity contribution in [3.8, 4) is 17.0 Å². The first-order chi connectivity index (χ1) is 15.5. The first-order valence-corrected chi connectivity index (χ1v) is 10.7. The zero-order valence-corrected chi connectivity index (χ0v) is 18.5. The van der Waals surface area contributed by atoms with Crippen LogP contribution >= 0.6 is 15.9 Å². The van der Waals surface area contributed by atoms with Gasteiger partial charge in [-0.1, -0.05) is 25.6 Å². The zero-order chi connectivity index (χ0) is 22.4. The highest BCUT2D eigenvalue weighted by Crippen LogP contribution is 2.38. The molecule has 3 heterocycles. The summed E-state index contributed by atoms with van der Waals surface area (Å²) in [6.07, 6.45) is 5.83. The molecule has 0 unspecified atom stereocenters. The van der Waals surface area contributed by atoms with E-state index in [1.165, 1.54) is 18.2 Å². The summed E-state index contributed by atoms with van der Waals surface area (Å²) in [5, 5.41) is 15.2. The molecule has 0 aliphatic carbocycles. The fourth-order valence-corrected chi connectivity index (χ4v) is 4.54. The van der Waals surface area contributed by atoms with Crippen LogP contribution in [-0.4, -0.2) is 26.6 Å². The van der Waals surface area contributed by atoms with Gasteiger partial charge in [-0.2, -0.15) is 4.39 Å². The molecule has 1 aliphatic rings. The van der Waals surface area contributed by atoms with Crippen molar-refractivity contribution in [3.63, 3.8) is 0 Å². The van der Waals surface area contributed by atoms with Crippen LogP contribution < -0.4 is 10.1 Å². The Labute approximate surface area is 197 Å². The van der Waals surface area contributed by atoms with Crippen LogP contribution in [0, 0.1) is 15.9 Å². The second kappa shape index (κ2) is 8.78. The van der Waals surface area contributed by atoms with Gasteiger partial charge < -0.3 is 14.6 Å². The molecule has 170 valence electrons. The van der Waals surface area contributed by atoms with E-state index in [2.05, 4.69) is 54.1 Å². The van der Waals surface area contributed by atoms with Gasteiger partial charge in [0.1, 0.15) is 5.75 Å². The fourth-order valence-electron chi connectivity index (χ4n) is 4.13. The maximum Gasteiger partial charge on any atom is 0.307 e. The number of nitrogens with one attached hydrogen (secondary N) is 1. The fraction of sp³-hybridized carbons (Fsp3) is 0.217. The number of halogens is 2. The Hall–Kier alpha value is -3.53. The van der Waals surface area contributed by atoms with E-state index in [-0.39, 0.29) is 24.8 Å². The van der Waals surface area contributed by atoms with Gasteiger partial charge in [0.15, 0.2) is 0 Å². The maximum atomic E-state index is 14.0. The molecule has 0 saturated carbocycles. The van der Waals surface area contributed by atoms with E-state index in [9.17, 15) is 14.5 Å². The minimum Gasteiger partial charge on any atom is -0.494 e. The molecule has 0 bridgehead atoms. The zero-order valence-electron chi connectivity index (χ0n) is 16.9. The van der Waals surface area contributed by atoms with Crippen LogP contribution in [0.4, 0.5) is 21.7 Å². The quantitative estimate of drug-likeness (QED) is 0.250. The number of benzene rings is 2. The summed E-state index contributed by atoms with van der Waals surface area (Å²) in [6, 6.07) is 8.31. The van der Waals surface area contributed by atoms with Crippen LogP contribution in [0.1, 0.15) is 19.4 Å². The maximum absolute atomic E-state index is 14.0. The summed E-state index contributed by atoms with van der Waals surface area (Å²) in [5.74, 6) is -0.674. The van der Waals surface area contributed by atoms with Gasteiger partial charge in [0, 0.05) is 42.0 Å². The second-order valence-electron chi connectivity index (χ2n) is 7.43. The predicted molar refractivity (Wildman–Crippen MR) is 129 cm³/mol. The standard InChI is InChI=1S/C22H17BrFN5O3.CH4/c1-32-19-8-16(24)18(29(30)31)9-17(19)26-22-25-10-15(23)20(27-22)14-11-28-7-3-5-12-4-2-6-13(14)21(12)28;/h2,4,6,8-11H,3,5,7H2,1H3,(H,25,26,27);1H4. The third kappa shape index (κ3) is 3.91. The summed E-state index contributed by atoms with van der Waals surface area (Å²) < 4.78 is 22.1. The molecule has 10 heteroatoms. The van der Waals surface area contributed by atoms with E-state index >= 15 is 0 Å². The average Bonchev–Trinajstić information content (AvgIpc) is 3.16. The van der Waals surface area contributed by atoms with Crippen molar-refractivity contribution >= 4 is 44.2 Å². The Balaban J connectivity index is 0.00000259. The van der Waals surface area contributed by atoms with Gasteiger partial charge in [-0.3, -0.25) is 10.1 Å². The van der Waals surface area contributed by atoms with E-state index in [4.69, 9.17) is 4.74 Å². The van der Waals surface area contributed by atoms with Crippen molar-refractivity contribution < 1.29 is 14.1 Å². The van der Waals surface area contributed by atoms with Gasteiger partial charge in [-0.05, 0) is 34.3 Å². The highest BCUT2D eigenvalue weighted by molar-refractivity contribution is 9.10. The van der Waals surface area contributed by atoms with Gasteiger partial charge in [0.2, 0.25) is 11.8 Å². The third-order valence-electron chi connectivity index (χ3n) is 5.54. The minimum atomic E-state index is -0.982. The average molecular weight is 514 g/mol.